The Morgan fingerprint density at radius 3 is 2.19 bits per heavy atom. The summed E-state index contributed by atoms with van der Waals surface area (Å²) in [4.78, 5) is 26.8. The fourth-order valence-corrected chi connectivity index (χ4v) is 2.31. The van der Waals surface area contributed by atoms with Crippen LogP contribution in [0.2, 0.25) is 0 Å². The van der Waals surface area contributed by atoms with Crippen LogP contribution >= 0.6 is 0 Å². The molecule has 4 nitrogen and oxygen atoms in total. The molecule has 4 heteroatoms. The SMILES string of the molecule is CN1C2C(=O)N(Cc3ccccc3)C(=O)C21. The molecular weight excluding hydrogens is 204 g/mol. The monoisotopic (exact) mass is 216 g/mol. The van der Waals surface area contributed by atoms with Gasteiger partial charge in [-0.15, -0.1) is 0 Å². The molecule has 2 fully saturated rings. The number of hydrogen-bond donors (Lipinski definition) is 0. The average molecular weight is 216 g/mol. The Bertz CT molecular complexity index is 435. The van der Waals surface area contributed by atoms with Crippen LogP contribution in [0, 0.1) is 0 Å². The van der Waals surface area contributed by atoms with Crippen LogP contribution in [0.1, 0.15) is 5.56 Å². The minimum absolute atomic E-state index is 0.0543. The second kappa shape index (κ2) is 3.15. The quantitative estimate of drug-likeness (QED) is 0.525. The van der Waals surface area contributed by atoms with Gasteiger partial charge in [-0.1, -0.05) is 30.3 Å². The Balaban J connectivity index is 1.79. The highest BCUT2D eigenvalue weighted by Crippen LogP contribution is 2.36. The van der Waals surface area contributed by atoms with Crippen molar-refractivity contribution in [3.63, 3.8) is 0 Å². The molecule has 0 spiro atoms. The van der Waals surface area contributed by atoms with Crippen molar-refractivity contribution in [1.82, 2.24) is 9.80 Å². The normalized spacial score (nSPS) is 31.8. The van der Waals surface area contributed by atoms with Gasteiger partial charge in [0.2, 0.25) is 11.8 Å². The minimum atomic E-state index is -0.184. The van der Waals surface area contributed by atoms with Crippen LogP contribution < -0.4 is 0 Å². The Kier molecular flexibility index (Phi) is 1.88. The Morgan fingerprint density at radius 2 is 1.62 bits per heavy atom. The molecule has 0 aromatic heterocycles. The van der Waals surface area contributed by atoms with Crippen LogP contribution in [0.15, 0.2) is 30.3 Å². The molecule has 16 heavy (non-hydrogen) atoms. The first-order chi connectivity index (χ1) is 7.70. The highest BCUT2D eigenvalue weighted by atomic mass is 16.2. The number of carbonyl (C=O) groups is 2. The van der Waals surface area contributed by atoms with Crippen LogP contribution in [0.3, 0.4) is 0 Å². The van der Waals surface area contributed by atoms with E-state index in [-0.39, 0.29) is 23.9 Å². The second-order valence-electron chi connectivity index (χ2n) is 4.30. The molecule has 0 N–H and O–H groups in total. The number of rotatable bonds is 2. The smallest absolute Gasteiger partial charge is 0.249 e. The minimum Gasteiger partial charge on any atom is -0.280 e. The van der Waals surface area contributed by atoms with E-state index in [1.165, 1.54) is 4.90 Å². The molecule has 0 saturated carbocycles. The third-order valence-electron chi connectivity index (χ3n) is 3.31. The molecule has 1 aromatic carbocycles. The van der Waals surface area contributed by atoms with E-state index in [0.29, 0.717) is 6.54 Å². The second-order valence-corrected chi connectivity index (χ2v) is 4.30. The fourth-order valence-electron chi connectivity index (χ4n) is 2.31. The number of benzene rings is 1. The van der Waals surface area contributed by atoms with Gasteiger partial charge in [0.1, 0.15) is 12.1 Å². The predicted molar refractivity (Wildman–Crippen MR) is 57.3 cm³/mol. The van der Waals surface area contributed by atoms with E-state index in [0.717, 1.165) is 5.56 Å². The molecule has 2 atom stereocenters. The lowest BCUT2D eigenvalue weighted by molar-refractivity contribution is -0.142. The maximum Gasteiger partial charge on any atom is 0.249 e. The Labute approximate surface area is 93.5 Å². The third-order valence-corrected chi connectivity index (χ3v) is 3.31. The van der Waals surface area contributed by atoms with E-state index >= 15 is 0 Å². The van der Waals surface area contributed by atoms with Gasteiger partial charge >= 0.3 is 0 Å². The van der Waals surface area contributed by atoms with Crippen LogP contribution in [-0.4, -0.2) is 40.7 Å². The van der Waals surface area contributed by atoms with Gasteiger partial charge in [-0.25, -0.2) is 0 Å². The summed E-state index contributed by atoms with van der Waals surface area (Å²) in [5, 5.41) is 0. The fraction of sp³-hybridized carbons (Fsp3) is 0.333. The van der Waals surface area contributed by atoms with Gasteiger partial charge in [0.05, 0.1) is 6.54 Å². The maximum atomic E-state index is 11.8. The molecule has 2 saturated heterocycles. The van der Waals surface area contributed by atoms with E-state index < -0.39 is 0 Å². The Morgan fingerprint density at radius 1 is 1.06 bits per heavy atom. The van der Waals surface area contributed by atoms with Gasteiger partial charge in [-0.2, -0.15) is 0 Å². The van der Waals surface area contributed by atoms with Gasteiger partial charge in [0, 0.05) is 0 Å². The zero-order valence-electron chi connectivity index (χ0n) is 8.96. The third kappa shape index (κ3) is 1.20. The maximum absolute atomic E-state index is 11.8. The van der Waals surface area contributed by atoms with Crippen LogP contribution in [0.4, 0.5) is 0 Å². The topological polar surface area (TPSA) is 40.4 Å². The summed E-state index contributed by atoms with van der Waals surface area (Å²) >= 11 is 0. The highest BCUT2D eigenvalue weighted by molar-refractivity contribution is 6.13. The number of likely N-dealkylation sites (N-methyl/N-ethyl adjacent to an activating group) is 1. The lowest BCUT2D eigenvalue weighted by atomic mass is 10.2. The van der Waals surface area contributed by atoms with Gasteiger partial charge in [0.25, 0.3) is 0 Å². The molecule has 2 heterocycles. The first kappa shape index (κ1) is 9.54. The molecule has 0 radical (unpaired) electrons. The number of piperazine rings is 1. The molecule has 2 aliphatic rings. The largest absolute Gasteiger partial charge is 0.280 e. The number of nitrogens with zero attached hydrogens (tertiary/aromatic N) is 2. The first-order valence-corrected chi connectivity index (χ1v) is 5.31. The van der Waals surface area contributed by atoms with Crippen molar-refractivity contribution in [3.05, 3.63) is 35.9 Å². The molecular formula is C12H12N2O2. The first-order valence-electron chi connectivity index (χ1n) is 5.31. The standard InChI is InChI=1S/C12H12N2O2/c1-13-9-10(13)12(16)14(11(9)15)7-8-5-3-2-4-6-8/h2-6,9-10H,7H2,1H3. The van der Waals surface area contributed by atoms with Crippen LogP contribution in [-0.2, 0) is 16.1 Å². The van der Waals surface area contributed by atoms with E-state index in [9.17, 15) is 9.59 Å². The number of imide groups is 1. The molecule has 0 aliphatic carbocycles. The zero-order valence-corrected chi connectivity index (χ0v) is 8.96. The van der Waals surface area contributed by atoms with Gasteiger partial charge in [0.15, 0.2) is 0 Å². The summed E-state index contributed by atoms with van der Waals surface area (Å²) in [6, 6.07) is 9.22. The number of likely N-dealkylation sites (tertiary alicyclic amines) is 1. The highest BCUT2D eigenvalue weighted by Gasteiger charge is 2.63. The van der Waals surface area contributed by atoms with E-state index in [2.05, 4.69) is 0 Å². The zero-order chi connectivity index (χ0) is 11.3. The van der Waals surface area contributed by atoms with Crippen molar-refractivity contribution >= 4 is 11.8 Å². The molecule has 3 rings (SSSR count). The Hall–Kier alpha value is -1.68. The molecule has 2 unspecified atom stereocenters. The van der Waals surface area contributed by atoms with Crippen LogP contribution in [0.5, 0.6) is 0 Å². The van der Waals surface area contributed by atoms with Crippen LogP contribution in [0.25, 0.3) is 0 Å². The summed E-state index contributed by atoms with van der Waals surface area (Å²) in [5.74, 6) is -0.109. The van der Waals surface area contributed by atoms with Crippen molar-refractivity contribution in [2.45, 2.75) is 18.6 Å². The van der Waals surface area contributed by atoms with Gasteiger partial charge in [-0.3, -0.25) is 19.4 Å². The van der Waals surface area contributed by atoms with E-state index in [4.69, 9.17) is 0 Å². The van der Waals surface area contributed by atoms with Gasteiger partial charge in [-0.05, 0) is 12.6 Å². The molecule has 0 bridgehead atoms. The molecule has 2 amide bonds. The van der Waals surface area contributed by atoms with E-state index in [1.807, 2.05) is 42.3 Å². The summed E-state index contributed by atoms with van der Waals surface area (Å²) < 4.78 is 0. The molecule has 1 aromatic rings. The summed E-state index contributed by atoms with van der Waals surface area (Å²) in [6.07, 6.45) is 0. The summed E-state index contributed by atoms with van der Waals surface area (Å²) in [5.41, 5.74) is 0.994. The number of fused-ring (bicyclic) bond motifs is 1. The van der Waals surface area contributed by atoms with Crippen molar-refractivity contribution in [3.8, 4) is 0 Å². The van der Waals surface area contributed by atoms with Gasteiger partial charge < -0.3 is 0 Å². The number of hydrogen-bond acceptors (Lipinski definition) is 3. The number of amides is 2. The van der Waals surface area contributed by atoms with Crippen molar-refractivity contribution < 1.29 is 9.59 Å². The summed E-state index contributed by atoms with van der Waals surface area (Å²) in [6.45, 7) is 0.402. The average Bonchev–Trinajstić information content (AvgIpc) is 2.90. The lowest BCUT2D eigenvalue weighted by Crippen LogP contribution is -2.37. The predicted octanol–water partition coefficient (Wildman–Crippen LogP) is 0.238. The van der Waals surface area contributed by atoms with Crippen molar-refractivity contribution in [2.75, 3.05) is 7.05 Å². The summed E-state index contributed by atoms with van der Waals surface area (Å²) in [7, 11) is 1.81. The number of carbonyl (C=O) groups excluding carboxylic acids is 2. The van der Waals surface area contributed by atoms with Crippen molar-refractivity contribution in [2.24, 2.45) is 0 Å². The molecule has 2 aliphatic heterocycles. The molecule has 82 valence electrons. The van der Waals surface area contributed by atoms with E-state index in [1.54, 1.807) is 0 Å². The van der Waals surface area contributed by atoms with Crippen molar-refractivity contribution in [1.29, 1.82) is 0 Å². The lowest BCUT2D eigenvalue weighted by Gasteiger charge is -2.17.